The Morgan fingerprint density at radius 2 is 1.38 bits per heavy atom. The summed E-state index contributed by atoms with van der Waals surface area (Å²) in [6.07, 6.45) is -11.4. The van der Waals surface area contributed by atoms with E-state index in [0.717, 1.165) is 32.0 Å². The molecule has 2 saturated heterocycles. The van der Waals surface area contributed by atoms with Crippen molar-refractivity contribution in [1.29, 1.82) is 0 Å². The Kier molecular flexibility index (Phi) is 11.2. The molecule has 2 heterocycles. The number of rotatable bonds is 8. The molecule has 16 heteroatoms. The summed E-state index contributed by atoms with van der Waals surface area (Å²) in [6.45, 7) is 12.9. The number of carboxylic acid groups (broad SMARTS) is 2. The maximum atomic E-state index is 13.8. The largest absolute Gasteiger partial charge is 0.479 e. The van der Waals surface area contributed by atoms with E-state index in [-0.39, 0.29) is 40.6 Å². The second-order valence-electron chi connectivity index (χ2n) is 20.5. The van der Waals surface area contributed by atoms with Crippen LogP contribution < -0.4 is 0 Å². The summed E-state index contributed by atoms with van der Waals surface area (Å²) in [4.78, 5) is 37.8. The number of aliphatic hydroxyl groups excluding tert-OH is 7. The molecule has 0 bridgehead atoms. The van der Waals surface area contributed by atoms with Crippen LogP contribution in [0.2, 0.25) is 0 Å². The van der Waals surface area contributed by atoms with Crippen LogP contribution in [0.15, 0.2) is 11.6 Å². The second-order valence-corrected chi connectivity index (χ2v) is 20.5. The Morgan fingerprint density at radius 1 is 0.759 bits per heavy atom. The average molecular weight is 825 g/mol. The molecule has 4 saturated carbocycles. The summed E-state index contributed by atoms with van der Waals surface area (Å²) in [6, 6.07) is 0. The fraction of sp³-hybridized carbons (Fsp3) is 0.881. The van der Waals surface area contributed by atoms with E-state index in [0.29, 0.717) is 32.1 Å². The highest BCUT2D eigenvalue weighted by molar-refractivity contribution is 5.74. The molecule has 7 aliphatic rings. The Hall–Kier alpha value is -2.09. The molecule has 7 rings (SSSR count). The maximum absolute atomic E-state index is 13.8. The molecule has 328 valence electrons. The van der Waals surface area contributed by atoms with Gasteiger partial charge in [0, 0.05) is 17.4 Å². The highest BCUT2D eigenvalue weighted by Gasteiger charge is 2.70. The minimum absolute atomic E-state index is 0.00118. The highest BCUT2D eigenvalue weighted by atomic mass is 16.8. The van der Waals surface area contributed by atoms with Crippen molar-refractivity contribution in [3.63, 3.8) is 0 Å². The van der Waals surface area contributed by atoms with Crippen LogP contribution in [-0.4, -0.2) is 144 Å². The number of aliphatic hydroxyl groups is 7. The van der Waals surface area contributed by atoms with Gasteiger partial charge >= 0.3 is 11.9 Å². The summed E-state index contributed by atoms with van der Waals surface area (Å²) in [5, 5.41) is 94.7. The molecule has 20 atom stereocenters. The third kappa shape index (κ3) is 6.29. The van der Waals surface area contributed by atoms with E-state index in [9.17, 15) is 60.3 Å². The first-order valence-corrected chi connectivity index (χ1v) is 20.9. The molecule has 0 amide bonds. The number of fused-ring (bicyclic) bond motifs is 7. The van der Waals surface area contributed by atoms with Crippen LogP contribution in [0.1, 0.15) is 99.3 Å². The number of allylic oxidation sites excluding steroid dienone is 2. The molecular weight excluding hydrogens is 760 g/mol. The van der Waals surface area contributed by atoms with E-state index in [2.05, 4.69) is 33.8 Å². The molecule has 9 N–H and O–H groups in total. The molecule has 0 spiro atoms. The van der Waals surface area contributed by atoms with Gasteiger partial charge in [-0.2, -0.15) is 0 Å². The third-order valence-electron chi connectivity index (χ3n) is 17.3. The van der Waals surface area contributed by atoms with Crippen LogP contribution in [0.4, 0.5) is 0 Å². The standard InChI is InChI=1S/C42H64O16/c1-37(2)21-9-11-41(6)22(8-7-19-20-15-38(3,17-43)16-23(45)39(20,4)13-14-40(19,41)5)42(21,18-44)12-10-24(37)55-36-32(28(49)27(48)31(57-36)34(53)54)58-35-29(50)25(46)26(47)30(56-35)33(51)52/h7,18,20-32,35-36,43,45-50H,8-17H2,1-6H3,(H,51,52)(H,53,54)/t20-,21-,22+,23-,24+,25+,26+,27+,28+,29-,30-,31+,32-,35-,36-,38-,39-,40-,41+,42-/m0/s1. The molecule has 0 unspecified atom stereocenters. The van der Waals surface area contributed by atoms with Gasteiger partial charge in [-0.05, 0) is 97.2 Å². The van der Waals surface area contributed by atoms with Crippen molar-refractivity contribution in [2.75, 3.05) is 6.61 Å². The minimum atomic E-state index is -2.05. The maximum Gasteiger partial charge on any atom is 0.335 e. The number of aliphatic carboxylic acids is 2. The molecule has 5 aliphatic carbocycles. The van der Waals surface area contributed by atoms with Crippen molar-refractivity contribution in [2.24, 2.45) is 50.2 Å². The SMILES string of the molecule is CC1(C)[C@H](O[C@H]2O[C@@H](C(=O)O)[C@H](O)[C@@H](O)[C@@H]2O[C@@H]2O[C@H](C(=O)O)[C@H](O)[C@@H](O)[C@@H]2O)CC[C@]2(C=O)[C@H]1CC[C@]1(C)[C@H]2CC=C2[C@@H]3C[C@](C)(CO)C[C@H](O)[C@@]3(C)CC[C@@]21C. The van der Waals surface area contributed by atoms with Crippen LogP contribution in [-0.2, 0) is 33.3 Å². The fourth-order valence-electron chi connectivity index (χ4n) is 13.4. The predicted molar refractivity (Wildman–Crippen MR) is 200 cm³/mol. The van der Waals surface area contributed by atoms with Gasteiger partial charge in [0.1, 0.15) is 42.9 Å². The van der Waals surface area contributed by atoms with Gasteiger partial charge in [0.05, 0.1) is 12.2 Å². The monoisotopic (exact) mass is 824 g/mol. The lowest BCUT2D eigenvalue weighted by Crippen LogP contribution is -2.68. The van der Waals surface area contributed by atoms with Crippen molar-refractivity contribution < 1.29 is 79.3 Å². The first-order chi connectivity index (χ1) is 27.0. The quantitative estimate of drug-likeness (QED) is 0.0943. The molecule has 16 nitrogen and oxygen atoms in total. The molecule has 58 heavy (non-hydrogen) atoms. The van der Waals surface area contributed by atoms with Crippen molar-refractivity contribution in [3.8, 4) is 0 Å². The number of carbonyl (C=O) groups excluding carboxylic acids is 1. The lowest BCUT2D eigenvalue weighted by atomic mass is 9.33. The molecule has 6 fully saturated rings. The Labute approximate surface area is 338 Å². The van der Waals surface area contributed by atoms with Crippen LogP contribution in [0.25, 0.3) is 0 Å². The average Bonchev–Trinajstić information content (AvgIpc) is 3.16. The Bertz CT molecular complexity index is 1650. The van der Waals surface area contributed by atoms with E-state index in [4.69, 9.17) is 18.9 Å². The van der Waals surface area contributed by atoms with Crippen LogP contribution in [0.3, 0.4) is 0 Å². The van der Waals surface area contributed by atoms with Crippen LogP contribution in [0.5, 0.6) is 0 Å². The van der Waals surface area contributed by atoms with Gasteiger partial charge in [0.15, 0.2) is 24.8 Å². The van der Waals surface area contributed by atoms with Gasteiger partial charge in [0.2, 0.25) is 0 Å². The van der Waals surface area contributed by atoms with Gasteiger partial charge < -0.3 is 69.7 Å². The van der Waals surface area contributed by atoms with E-state index in [1.165, 1.54) is 5.57 Å². The van der Waals surface area contributed by atoms with Gasteiger partial charge in [-0.3, -0.25) is 0 Å². The molecule has 0 aromatic heterocycles. The lowest BCUT2D eigenvalue weighted by Gasteiger charge is -2.71. The van der Waals surface area contributed by atoms with Gasteiger partial charge in [-0.1, -0.05) is 53.2 Å². The first kappa shape index (κ1) is 44.0. The predicted octanol–water partition coefficient (Wildman–Crippen LogP) is 1.12. The van der Waals surface area contributed by atoms with E-state index < -0.39 is 102 Å². The lowest BCUT2D eigenvalue weighted by molar-refractivity contribution is -0.371. The third-order valence-corrected chi connectivity index (χ3v) is 17.3. The topological polar surface area (TPSA) is 270 Å². The smallest absolute Gasteiger partial charge is 0.335 e. The molecule has 0 radical (unpaired) electrons. The minimum Gasteiger partial charge on any atom is -0.479 e. The molecule has 2 aliphatic heterocycles. The molecular formula is C42H64O16. The van der Waals surface area contributed by atoms with E-state index in [1.807, 2.05) is 13.8 Å². The van der Waals surface area contributed by atoms with Gasteiger partial charge in [-0.15, -0.1) is 0 Å². The van der Waals surface area contributed by atoms with Crippen LogP contribution >= 0.6 is 0 Å². The molecule has 0 aromatic rings. The number of hydrogen-bond acceptors (Lipinski definition) is 14. The second kappa shape index (κ2) is 14.8. The van der Waals surface area contributed by atoms with Crippen LogP contribution in [0, 0.1) is 50.2 Å². The number of carbonyl (C=O) groups is 3. The zero-order valence-electron chi connectivity index (χ0n) is 34.3. The number of ether oxygens (including phenoxy) is 4. The fourth-order valence-corrected chi connectivity index (χ4v) is 13.4. The zero-order chi connectivity index (χ0) is 42.7. The van der Waals surface area contributed by atoms with Gasteiger partial charge in [0.25, 0.3) is 0 Å². The highest BCUT2D eigenvalue weighted by Crippen LogP contribution is 2.75. The zero-order valence-corrected chi connectivity index (χ0v) is 34.3. The normalized spacial score (nSPS) is 53.8. The summed E-state index contributed by atoms with van der Waals surface area (Å²) in [7, 11) is 0. The summed E-state index contributed by atoms with van der Waals surface area (Å²) >= 11 is 0. The number of aldehydes is 1. The van der Waals surface area contributed by atoms with Crippen molar-refractivity contribution >= 4 is 18.2 Å². The Morgan fingerprint density at radius 3 is 1.98 bits per heavy atom. The van der Waals surface area contributed by atoms with E-state index >= 15 is 0 Å². The van der Waals surface area contributed by atoms with Gasteiger partial charge in [-0.25, -0.2) is 9.59 Å². The molecule has 0 aromatic carbocycles. The summed E-state index contributed by atoms with van der Waals surface area (Å²) in [5.74, 6) is -3.42. The summed E-state index contributed by atoms with van der Waals surface area (Å²) in [5.41, 5.74) is -1.42. The van der Waals surface area contributed by atoms with Crippen molar-refractivity contribution in [3.05, 3.63) is 11.6 Å². The Balaban J connectivity index is 1.18. The first-order valence-electron chi connectivity index (χ1n) is 20.9. The summed E-state index contributed by atoms with van der Waals surface area (Å²) < 4.78 is 23.4. The van der Waals surface area contributed by atoms with Crippen molar-refractivity contribution in [2.45, 2.75) is 173 Å². The van der Waals surface area contributed by atoms with E-state index in [1.54, 1.807) is 0 Å². The number of hydrogen-bond donors (Lipinski definition) is 9. The number of carboxylic acids is 2. The van der Waals surface area contributed by atoms with Crippen molar-refractivity contribution in [1.82, 2.24) is 0 Å².